The van der Waals surface area contributed by atoms with Gasteiger partial charge in [-0.2, -0.15) is 0 Å². The molecule has 46 heavy (non-hydrogen) atoms. The second-order valence-corrected chi connectivity index (χ2v) is 12.3. The Balaban J connectivity index is 1.28. The van der Waals surface area contributed by atoms with Crippen molar-refractivity contribution < 1.29 is 31.1 Å². The van der Waals surface area contributed by atoms with E-state index in [0.29, 0.717) is 43.8 Å². The van der Waals surface area contributed by atoms with Crippen LogP contribution in [0.3, 0.4) is 0 Å². The summed E-state index contributed by atoms with van der Waals surface area (Å²) in [6.07, 6.45) is -0.308. The highest BCUT2D eigenvalue weighted by Gasteiger charge is 2.34. The number of sulfonamides is 1. The van der Waals surface area contributed by atoms with Crippen molar-refractivity contribution in [2.24, 2.45) is 0 Å². The molecule has 1 aliphatic heterocycles. The van der Waals surface area contributed by atoms with Gasteiger partial charge >= 0.3 is 6.36 Å². The molecule has 1 aliphatic rings. The van der Waals surface area contributed by atoms with Crippen molar-refractivity contribution in [2.75, 3.05) is 36.6 Å². The van der Waals surface area contributed by atoms with Gasteiger partial charge in [-0.15, -0.1) is 13.2 Å². The summed E-state index contributed by atoms with van der Waals surface area (Å²) < 4.78 is 74.5. The molecule has 238 valence electrons. The van der Waals surface area contributed by atoms with E-state index >= 15 is 0 Å². The number of amides is 1. The lowest BCUT2D eigenvalue weighted by atomic mass is 10.0. The first-order chi connectivity index (χ1) is 22.0. The summed E-state index contributed by atoms with van der Waals surface area (Å²) in [4.78, 5) is 28.1. The number of ether oxygens (including phenoxy) is 1. The van der Waals surface area contributed by atoms with Crippen molar-refractivity contribution >= 4 is 38.2 Å². The minimum Gasteiger partial charge on any atom is -0.404 e. The average molecular weight is 652 g/mol. The molecule has 2 aromatic heterocycles. The summed E-state index contributed by atoms with van der Waals surface area (Å²) in [6.45, 7) is 2.40. The molecule has 1 amide bonds. The Kier molecular flexibility index (Phi) is 8.27. The zero-order valence-corrected chi connectivity index (χ0v) is 25.0. The number of piperazine rings is 1. The minimum atomic E-state index is -5.17. The van der Waals surface area contributed by atoms with Crippen LogP contribution in [0.1, 0.15) is 16.1 Å². The Morgan fingerprint density at radius 1 is 1.00 bits per heavy atom. The number of nitrogens with two attached hydrogens (primary N) is 1. The number of pyridine rings is 1. The van der Waals surface area contributed by atoms with Crippen LogP contribution < -0.4 is 15.2 Å². The molecule has 15 heteroatoms. The van der Waals surface area contributed by atoms with E-state index in [9.17, 15) is 26.4 Å². The van der Waals surface area contributed by atoms with E-state index in [1.807, 2.05) is 12.1 Å². The number of halogens is 3. The highest BCUT2D eigenvalue weighted by molar-refractivity contribution is 7.92. The third kappa shape index (κ3) is 6.74. The normalized spacial score (nSPS) is 14.4. The van der Waals surface area contributed by atoms with Gasteiger partial charge in [0.15, 0.2) is 5.75 Å². The first-order valence-electron chi connectivity index (χ1n) is 14.1. The van der Waals surface area contributed by atoms with Crippen LogP contribution in [-0.4, -0.2) is 71.6 Å². The number of alkyl halides is 3. The quantitative estimate of drug-likeness (QED) is 0.202. The molecule has 0 bridgehead atoms. The summed E-state index contributed by atoms with van der Waals surface area (Å²) in [5.74, 6) is -1.38. The standard InChI is InChI=1S/C31H28F3N7O4S/c32-31(33,34)45-27-15-21(30(42)41-13-11-40(12-14-41)18-23-17-36-19-38-23)6-8-26(27)39-46(43,44)28-9-7-22(35)16-25(28)24-5-1-3-20-4-2-10-37-29(20)24/h1-10,15-17,19,39H,11-14,18,35H2,(H,36,38). The molecule has 0 unspecified atom stereocenters. The molecular formula is C31H28F3N7O4S. The lowest BCUT2D eigenvalue weighted by Gasteiger charge is -2.34. The van der Waals surface area contributed by atoms with Gasteiger partial charge in [-0.3, -0.25) is 19.4 Å². The number of benzene rings is 3. The number of anilines is 2. The van der Waals surface area contributed by atoms with E-state index < -0.39 is 33.7 Å². The van der Waals surface area contributed by atoms with Gasteiger partial charge in [0.2, 0.25) is 0 Å². The van der Waals surface area contributed by atoms with E-state index in [4.69, 9.17) is 5.73 Å². The molecule has 4 N–H and O–H groups in total. The Bertz CT molecular complexity index is 1990. The maximum Gasteiger partial charge on any atom is 0.573 e. The number of aromatic amines is 1. The van der Waals surface area contributed by atoms with Gasteiger partial charge in [-0.05, 0) is 42.5 Å². The highest BCUT2D eigenvalue weighted by atomic mass is 32.2. The van der Waals surface area contributed by atoms with E-state index in [1.165, 1.54) is 29.2 Å². The summed E-state index contributed by atoms with van der Waals surface area (Å²) in [5, 5.41) is 0.749. The maximum atomic E-state index is 13.8. The predicted molar refractivity (Wildman–Crippen MR) is 165 cm³/mol. The fourth-order valence-electron chi connectivity index (χ4n) is 5.37. The Morgan fingerprint density at radius 3 is 2.52 bits per heavy atom. The first-order valence-corrected chi connectivity index (χ1v) is 15.6. The van der Waals surface area contributed by atoms with Gasteiger partial charge in [0.05, 0.1) is 22.4 Å². The third-order valence-corrected chi connectivity index (χ3v) is 8.95. The Labute approximate surface area is 261 Å². The van der Waals surface area contributed by atoms with Gasteiger partial charge in [0.25, 0.3) is 15.9 Å². The number of aromatic nitrogens is 3. The molecule has 1 fully saturated rings. The molecule has 0 saturated carbocycles. The SMILES string of the molecule is Nc1ccc(S(=O)(=O)Nc2ccc(C(=O)N3CCN(Cc4cnc[nH]4)CC3)cc2OC(F)(F)F)c(-c2cccc3cccnc23)c1. The van der Waals surface area contributed by atoms with Crippen molar-refractivity contribution in [1.29, 1.82) is 0 Å². The number of nitrogens with one attached hydrogen (secondary N) is 2. The van der Waals surface area contributed by atoms with E-state index in [1.54, 1.807) is 36.9 Å². The molecular weight excluding hydrogens is 623 g/mol. The number of hydrogen-bond acceptors (Lipinski definition) is 8. The van der Waals surface area contributed by atoms with Crippen molar-refractivity contribution in [3.63, 3.8) is 0 Å². The van der Waals surface area contributed by atoms with Crippen LogP contribution in [0.2, 0.25) is 0 Å². The van der Waals surface area contributed by atoms with E-state index in [0.717, 1.165) is 23.2 Å². The van der Waals surface area contributed by atoms with Crippen LogP contribution in [0.4, 0.5) is 24.5 Å². The van der Waals surface area contributed by atoms with Crippen molar-refractivity contribution in [3.8, 4) is 16.9 Å². The Morgan fingerprint density at radius 2 is 1.78 bits per heavy atom. The summed E-state index contributed by atoms with van der Waals surface area (Å²) >= 11 is 0. The summed E-state index contributed by atoms with van der Waals surface area (Å²) in [5.41, 5.74) is 7.80. The topological polar surface area (TPSA) is 147 Å². The van der Waals surface area contributed by atoms with Crippen LogP contribution in [0.5, 0.6) is 5.75 Å². The van der Waals surface area contributed by atoms with Crippen molar-refractivity contribution in [1.82, 2.24) is 24.8 Å². The summed E-state index contributed by atoms with van der Waals surface area (Å²) in [6, 6.07) is 16.1. The molecule has 3 heterocycles. The molecule has 5 aromatic rings. The number of rotatable bonds is 8. The first kappa shape index (κ1) is 30.9. The van der Waals surface area contributed by atoms with Crippen LogP contribution in [0.15, 0.2) is 90.3 Å². The zero-order chi connectivity index (χ0) is 32.5. The number of nitrogens with zero attached hydrogens (tertiary/aromatic N) is 4. The number of nitrogen functional groups attached to an aromatic ring is 1. The maximum absolute atomic E-state index is 13.8. The number of carbonyl (C=O) groups is 1. The van der Waals surface area contributed by atoms with E-state index in [2.05, 4.69) is 29.3 Å². The smallest absolute Gasteiger partial charge is 0.404 e. The van der Waals surface area contributed by atoms with Crippen molar-refractivity contribution in [3.05, 3.63) is 96.7 Å². The van der Waals surface area contributed by atoms with Crippen LogP contribution in [0.25, 0.3) is 22.0 Å². The van der Waals surface area contributed by atoms with Gasteiger partial charge in [0, 0.05) is 78.6 Å². The molecule has 0 radical (unpaired) electrons. The molecule has 0 aliphatic carbocycles. The van der Waals surface area contributed by atoms with Gasteiger partial charge in [0.1, 0.15) is 0 Å². The van der Waals surface area contributed by atoms with Gasteiger partial charge in [-0.1, -0.05) is 24.3 Å². The zero-order valence-electron chi connectivity index (χ0n) is 24.2. The number of para-hydroxylation sites is 1. The van der Waals surface area contributed by atoms with E-state index in [-0.39, 0.29) is 21.7 Å². The highest BCUT2D eigenvalue weighted by Crippen LogP contribution is 2.37. The number of imidazole rings is 1. The molecule has 11 nitrogen and oxygen atoms in total. The fraction of sp³-hybridized carbons (Fsp3) is 0.194. The number of fused-ring (bicyclic) bond motifs is 1. The second-order valence-electron chi connectivity index (χ2n) is 10.6. The number of carbonyl (C=O) groups excluding carboxylic acids is 1. The van der Waals surface area contributed by atoms with Gasteiger partial charge in [-0.25, -0.2) is 13.4 Å². The molecule has 6 rings (SSSR count). The number of H-pyrrole nitrogens is 1. The minimum absolute atomic E-state index is 0.0841. The molecule has 0 spiro atoms. The third-order valence-electron chi connectivity index (χ3n) is 7.52. The summed E-state index contributed by atoms with van der Waals surface area (Å²) in [7, 11) is -4.53. The molecule has 0 atom stereocenters. The predicted octanol–water partition coefficient (Wildman–Crippen LogP) is 4.86. The van der Waals surface area contributed by atoms with Gasteiger partial charge < -0.3 is 20.4 Å². The Hall–Kier alpha value is -5.15. The largest absolute Gasteiger partial charge is 0.573 e. The monoisotopic (exact) mass is 651 g/mol. The van der Waals surface area contributed by atoms with Crippen molar-refractivity contribution in [2.45, 2.75) is 17.8 Å². The lowest BCUT2D eigenvalue weighted by Crippen LogP contribution is -2.48. The molecule has 3 aromatic carbocycles. The average Bonchev–Trinajstić information content (AvgIpc) is 3.54. The molecule has 1 saturated heterocycles. The second kappa shape index (κ2) is 12.3. The van der Waals surface area contributed by atoms with Crippen LogP contribution in [0, 0.1) is 0 Å². The van der Waals surface area contributed by atoms with Crippen LogP contribution >= 0.6 is 0 Å². The lowest BCUT2D eigenvalue weighted by molar-refractivity contribution is -0.274. The number of hydrogen-bond donors (Lipinski definition) is 3. The van der Waals surface area contributed by atoms with Crippen LogP contribution in [-0.2, 0) is 16.6 Å². The fourth-order valence-corrected chi connectivity index (χ4v) is 6.64.